The molecule has 2 unspecified atom stereocenters. The van der Waals surface area contributed by atoms with Crippen LogP contribution in [0.1, 0.15) is 55.1 Å². The minimum absolute atomic E-state index is 0.155. The highest BCUT2D eigenvalue weighted by molar-refractivity contribution is 6.15. The fourth-order valence-corrected chi connectivity index (χ4v) is 7.81. The second-order valence-electron chi connectivity index (χ2n) is 14.1. The molecule has 2 atom stereocenters. The SMILES string of the molecule is C/C=C\C=C/C1(C)CC=C(c2nc(-c3ccccc3)nc(-c3ccc(-c4ccc(C5C=CC=CC5)cc4)c4oc5ccccc5c34)n2)c2ccccc21. The summed E-state index contributed by atoms with van der Waals surface area (Å²) in [5.74, 6) is 2.31. The summed E-state index contributed by atoms with van der Waals surface area (Å²) in [4.78, 5) is 15.7. The highest BCUT2D eigenvalue weighted by atomic mass is 16.3. The number of hydrogen-bond donors (Lipinski definition) is 0. The number of allylic oxidation sites excluding steroid dienone is 9. The van der Waals surface area contributed by atoms with Gasteiger partial charge in [-0.1, -0.05) is 159 Å². The molecule has 5 aromatic carbocycles. The molecule has 9 rings (SSSR count). The van der Waals surface area contributed by atoms with Gasteiger partial charge in [-0.25, -0.2) is 15.0 Å². The summed E-state index contributed by atoms with van der Waals surface area (Å²) in [6.45, 7) is 4.34. The zero-order chi connectivity index (χ0) is 35.8. The number of benzene rings is 5. The summed E-state index contributed by atoms with van der Waals surface area (Å²) in [5, 5.41) is 2.03. The maximum atomic E-state index is 6.70. The van der Waals surface area contributed by atoms with Crippen molar-refractivity contribution in [3.63, 3.8) is 0 Å². The number of hydrogen-bond acceptors (Lipinski definition) is 4. The minimum atomic E-state index is -0.155. The molecule has 2 aliphatic carbocycles. The van der Waals surface area contributed by atoms with Crippen LogP contribution in [0.2, 0.25) is 0 Å². The van der Waals surface area contributed by atoms with Crippen molar-refractivity contribution >= 4 is 27.5 Å². The summed E-state index contributed by atoms with van der Waals surface area (Å²) < 4.78 is 6.70. The smallest absolute Gasteiger partial charge is 0.164 e. The van der Waals surface area contributed by atoms with Crippen LogP contribution in [0.25, 0.3) is 61.4 Å². The highest BCUT2D eigenvalue weighted by Gasteiger charge is 2.32. The maximum Gasteiger partial charge on any atom is 0.164 e. The Bertz CT molecular complexity index is 2640. The van der Waals surface area contributed by atoms with Crippen LogP contribution in [-0.2, 0) is 5.41 Å². The third-order valence-corrected chi connectivity index (χ3v) is 10.6. The van der Waals surface area contributed by atoms with Gasteiger partial charge in [0, 0.05) is 44.4 Å². The first-order valence-corrected chi connectivity index (χ1v) is 18.4. The van der Waals surface area contributed by atoms with Gasteiger partial charge in [-0.2, -0.15) is 0 Å². The lowest BCUT2D eigenvalue weighted by atomic mass is 9.71. The molecule has 0 aliphatic heterocycles. The van der Waals surface area contributed by atoms with Crippen molar-refractivity contribution in [1.82, 2.24) is 15.0 Å². The standard InChI is InChI=1S/C49H39N3O/c1-3-4-15-31-49(2)32-30-39(38-20-11-13-22-42(38)49)47-50-46(36-18-9-6-10-19-36)51-48(52-47)41-29-28-37(45-44(41)40-21-12-14-23-43(40)53-45)35-26-24-34(25-27-35)33-16-7-5-8-17-33/h3-16,18-31,33H,17,32H2,1-2H3/b4-3-,31-15-. The summed E-state index contributed by atoms with van der Waals surface area (Å²) in [7, 11) is 0. The average Bonchev–Trinajstić information content (AvgIpc) is 3.61. The Morgan fingerprint density at radius 2 is 1.43 bits per heavy atom. The van der Waals surface area contributed by atoms with Crippen LogP contribution in [0, 0.1) is 0 Å². The third-order valence-electron chi connectivity index (χ3n) is 10.6. The number of nitrogens with zero attached hydrogens (tertiary/aromatic N) is 3. The van der Waals surface area contributed by atoms with E-state index >= 15 is 0 Å². The molecule has 0 saturated carbocycles. The van der Waals surface area contributed by atoms with Crippen LogP contribution < -0.4 is 0 Å². The largest absolute Gasteiger partial charge is 0.455 e. The molecule has 7 aromatic rings. The van der Waals surface area contributed by atoms with E-state index in [-0.39, 0.29) is 5.41 Å². The van der Waals surface area contributed by atoms with E-state index in [0.717, 1.165) is 68.2 Å². The van der Waals surface area contributed by atoms with E-state index in [0.29, 0.717) is 23.4 Å². The van der Waals surface area contributed by atoms with E-state index in [9.17, 15) is 0 Å². The lowest BCUT2D eigenvalue weighted by Crippen LogP contribution is -2.24. The summed E-state index contributed by atoms with van der Waals surface area (Å²) >= 11 is 0. The topological polar surface area (TPSA) is 51.8 Å². The van der Waals surface area contributed by atoms with E-state index in [1.54, 1.807) is 0 Å². The Hall–Kier alpha value is -6.39. The van der Waals surface area contributed by atoms with Gasteiger partial charge in [-0.3, -0.25) is 0 Å². The molecule has 53 heavy (non-hydrogen) atoms. The van der Waals surface area contributed by atoms with Gasteiger partial charge in [-0.15, -0.1) is 0 Å². The lowest BCUT2D eigenvalue weighted by molar-refractivity contribution is 0.596. The number of aromatic nitrogens is 3. The van der Waals surface area contributed by atoms with E-state index in [2.05, 4.69) is 147 Å². The summed E-state index contributed by atoms with van der Waals surface area (Å²) in [5.41, 5.74) is 10.2. The zero-order valence-electron chi connectivity index (χ0n) is 29.9. The van der Waals surface area contributed by atoms with E-state index in [1.807, 2.05) is 37.3 Å². The molecule has 0 radical (unpaired) electrons. The first-order chi connectivity index (χ1) is 26.1. The van der Waals surface area contributed by atoms with Crippen LogP contribution in [0.3, 0.4) is 0 Å². The Balaban J connectivity index is 1.22. The van der Waals surface area contributed by atoms with E-state index in [4.69, 9.17) is 19.4 Å². The van der Waals surface area contributed by atoms with Gasteiger partial charge >= 0.3 is 0 Å². The number of fused-ring (bicyclic) bond motifs is 4. The van der Waals surface area contributed by atoms with Crippen molar-refractivity contribution in [3.8, 4) is 33.9 Å². The predicted molar refractivity (Wildman–Crippen MR) is 218 cm³/mol. The van der Waals surface area contributed by atoms with Gasteiger partial charge in [-0.05, 0) is 60.2 Å². The van der Waals surface area contributed by atoms with E-state index in [1.165, 1.54) is 11.1 Å². The fraction of sp³-hybridized carbons (Fsp3) is 0.122. The first-order valence-electron chi connectivity index (χ1n) is 18.4. The molecule has 2 heterocycles. The number of rotatable bonds is 7. The van der Waals surface area contributed by atoms with Gasteiger partial charge < -0.3 is 4.42 Å². The third kappa shape index (κ3) is 5.96. The molecule has 2 aliphatic rings. The Morgan fingerprint density at radius 1 is 0.679 bits per heavy atom. The molecule has 0 bridgehead atoms. The van der Waals surface area contributed by atoms with Crippen LogP contribution in [0.15, 0.2) is 174 Å². The molecule has 256 valence electrons. The maximum absolute atomic E-state index is 6.70. The lowest BCUT2D eigenvalue weighted by Gasteiger charge is -2.32. The molecule has 0 saturated heterocycles. The second kappa shape index (κ2) is 13.6. The average molecular weight is 686 g/mol. The molecule has 4 nitrogen and oxygen atoms in total. The fourth-order valence-electron chi connectivity index (χ4n) is 7.81. The summed E-state index contributed by atoms with van der Waals surface area (Å²) in [6.07, 6.45) is 21.5. The van der Waals surface area contributed by atoms with Gasteiger partial charge in [0.1, 0.15) is 11.2 Å². The van der Waals surface area contributed by atoms with Crippen molar-refractivity contribution in [2.24, 2.45) is 0 Å². The molecular formula is C49H39N3O. The molecular weight excluding hydrogens is 647 g/mol. The number of furan rings is 1. The zero-order valence-corrected chi connectivity index (χ0v) is 29.9. The Kier molecular flexibility index (Phi) is 8.36. The quantitative estimate of drug-likeness (QED) is 0.157. The number of para-hydroxylation sites is 1. The van der Waals surface area contributed by atoms with Gasteiger partial charge in [0.2, 0.25) is 0 Å². The van der Waals surface area contributed by atoms with E-state index < -0.39 is 0 Å². The van der Waals surface area contributed by atoms with Crippen molar-refractivity contribution in [2.75, 3.05) is 0 Å². The summed E-state index contributed by atoms with van der Waals surface area (Å²) in [6, 6.07) is 40.3. The van der Waals surface area contributed by atoms with Crippen LogP contribution in [-0.4, -0.2) is 15.0 Å². The second-order valence-corrected chi connectivity index (χ2v) is 14.1. The molecule has 0 amide bonds. The van der Waals surface area contributed by atoms with Crippen LogP contribution in [0.4, 0.5) is 0 Å². The Labute approximate surface area is 310 Å². The monoisotopic (exact) mass is 685 g/mol. The Morgan fingerprint density at radius 3 is 2.26 bits per heavy atom. The first kappa shape index (κ1) is 32.5. The van der Waals surface area contributed by atoms with Crippen LogP contribution in [0.5, 0.6) is 0 Å². The highest BCUT2D eigenvalue weighted by Crippen LogP contribution is 2.44. The molecule has 0 fully saturated rings. The van der Waals surface area contributed by atoms with Crippen molar-refractivity contribution in [3.05, 3.63) is 192 Å². The van der Waals surface area contributed by atoms with Crippen LogP contribution >= 0.6 is 0 Å². The predicted octanol–water partition coefficient (Wildman–Crippen LogP) is 12.6. The van der Waals surface area contributed by atoms with Crippen molar-refractivity contribution in [1.29, 1.82) is 0 Å². The minimum Gasteiger partial charge on any atom is -0.455 e. The molecule has 4 heteroatoms. The van der Waals surface area contributed by atoms with Gasteiger partial charge in [0.05, 0.1) is 0 Å². The normalized spacial score (nSPS) is 18.3. The van der Waals surface area contributed by atoms with Gasteiger partial charge in [0.15, 0.2) is 17.5 Å². The molecule has 0 spiro atoms. The van der Waals surface area contributed by atoms with Gasteiger partial charge in [0.25, 0.3) is 0 Å². The van der Waals surface area contributed by atoms with Crippen molar-refractivity contribution < 1.29 is 4.42 Å². The van der Waals surface area contributed by atoms with Crippen molar-refractivity contribution in [2.45, 2.75) is 38.0 Å². The molecule has 2 aromatic heterocycles. The molecule has 0 N–H and O–H groups in total.